The van der Waals surface area contributed by atoms with Crippen LogP contribution in [0.3, 0.4) is 0 Å². The maximum absolute atomic E-state index is 13.0. The summed E-state index contributed by atoms with van der Waals surface area (Å²) in [7, 11) is 0. The first-order valence-corrected chi connectivity index (χ1v) is 10.6. The lowest BCUT2D eigenvalue weighted by Gasteiger charge is -2.15. The van der Waals surface area contributed by atoms with E-state index in [1.54, 1.807) is 22.3 Å². The average molecular weight is 430 g/mol. The lowest BCUT2D eigenvalue weighted by Crippen LogP contribution is -2.30. The van der Waals surface area contributed by atoms with E-state index in [0.29, 0.717) is 17.8 Å². The van der Waals surface area contributed by atoms with Crippen LogP contribution in [0.4, 0.5) is 5.69 Å². The Kier molecular flexibility index (Phi) is 4.37. The van der Waals surface area contributed by atoms with Crippen LogP contribution in [-0.2, 0) is 11.3 Å². The van der Waals surface area contributed by atoms with Crippen LogP contribution >= 0.6 is 11.3 Å². The van der Waals surface area contributed by atoms with Gasteiger partial charge in [-0.15, -0.1) is 0 Å². The largest absolute Gasteiger partial charge is 0.398 e. The van der Waals surface area contributed by atoms with E-state index in [1.807, 2.05) is 29.6 Å². The Balaban J connectivity index is 1.60. The highest BCUT2D eigenvalue weighted by Gasteiger charge is 2.32. The van der Waals surface area contributed by atoms with Gasteiger partial charge in [-0.3, -0.25) is 14.7 Å². The molecule has 5 rings (SSSR count). The van der Waals surface area contributed by atoms with Crippen LogP contribution in [0.25, 0.3) is 33.3 Å². The molecule has 0 radical (unpaired) electrons. The van der Waals surface area contributed by atoms with E-state index in [9.17, 15) is 9.59 Å². The Morgan fingerprint density at radius 2 is 2.06 bits per heavy atom. The number of anilines is 1. The first-order valence-electron chi connectivity index (χ1n) is 9.63. The minimum absolute atomic E-state index is 0.0742. The van der Waals surface area contributed by atoms with E-state index in [4.69, 9.17) is 11.5 Å². The topological polar surface area (TPSA) is 118 Å². The molecule has 0 saturated heterocycles. The van der Waals surface area contributed by atoms with Gasteiger partial charge in [0, 0.05) is 34.1 Å². The van der Waals surface area contributed by atoms with Crippen LogP contribution < -0.4 is 11.5 Å². The van der Waals surface area contributed by atoms with Gasteiger partial charge >= 0.3 is 0 Å². The van der Waals surface area contributed by atoms with Crippen molar-refractivity contribution in [1.29, 1.82) is 0 Å². The minimum atomic E-state index is -0.622. The van der Waals surface area contributed by atoms with Gasteiger partial charge in [-0.1, -0.05) is 18.7 Å². The number of amides is 2. The highest BCUT2D eigenvalue weighted by molar-refractivity contribution is 7.08. The van der Waals surface area contributed by atoms with Gasteiger partial charge in [0.1, 0.15) is 5.69 Å². The van der Waals surface area contributed by atoms with E-state index < -0.39 is 5.91 Å². The minimum Gasteiger partial charge on any atom is -0.398 e. The fourth-order valence-electron chi connectivity index (χ4n) is 4.01. The summed E-state index contributed by atoms with van der Waals surface area (Å²) in [4.78, 5) is 25.9. The molecular formula is C23H19N5O2S. The predicted molar refractivity (Wildman–Crippen MR) is 122 cm³/mol. The molecule has 31 heavy (non-hydrogen) atoms. The zero-order valence-electron chi connectivity index (χ0n) is 16.5. The molecule has 7 nitrogen and oxygen atoms in total. The number of carbonyl (C=O) groups excluding carboxylic acids is 2. The molecule has 4 aromatic rings. The molecule has 0 spiro atoms. The smallest absolute Gasteiger partial charge is 0.256 e. The number of thiophene rings is 1. The summed E-state index contributed by atoms with van der Waals surface area (Å²) < 4.78 is 0. The number of benzene rings is 2. The maximum atomic E-state index is 13.0. The second kappa shape index (κ2) is 7.10. The molecule has 3 heterocycles. The normalized spacial score (nSPS) is 13.0. The number of aromatic amines is 1. The number of hydrogen-bond donors (Lipinski definition) is 3. The molecule has 8 heteroatoms. The molecule has 5 N–H and O–H groups in total. The molecule has 2 amide bonds. The molecule has 0 aliphatic carbocycles. The zero-order chi connectivity index (χ0) is 21.7. The van der Waals surface area contributed by atoms with Crippen LogP contribution in [0, 0.1) is 0 Å². The van der Waals surface area contributed by atoms with Crippen LogP contribution in [0.15, 0.2) is 59.3 Å². The number of H-pyrrole nitrogens is 1. The second-order valence-corrected chi connectivity index (χ2v) is 8.31. The summed E-state index contributed by atoms with van der Waals surface area (Å²) in [6.45, 7) is 4.08. The lowest BCUT2D eigenvalue weighted by molar-refractivity contribution is -0.114. The molecule has 1 aliphatic rings. The number of rotatable bonds is 5. The number of aromatic nitrogens is 2. The van der Waals surface area contributed by atoms with Crippen molar-refractivity contribution in [2.75, 3.05) is 12.3 Å². The van der Waals surface area contributed by atoms with Crippen molar-refractivity contribution < 1.29 is 9.59 Å². The standard InChI is InChI=1S/C23H19N5O2S/c1-12(22(25)29)9-28-10-17-15(3-4-18(24)20(17)23(28)30)13-2-5-19-16(8-13)21(27-26-19)14-6-7-31-11-14/h2-8,11H,1,9-10,24H2,(H2,25,29)(H,26,27). The van der Waals surface area contributed by atoms with E-state index in [1.165, 1.54) is 0 Å². The summed E-state index contributed by atoms with van der Waals surface area (Å²) in [5.74, 6) is -0.844. The van der Waals surface area contributed by atoms with Gasteiger partial charge < -0.3 is 16.4 Å². The Morgan fingerprint density at radius 3 is 2.81 bits per heavy atom. The molecule has 154 valence electrons. The number of nitrogens with one attached hydrogen (secondary N) is 1. The van der Waals surface area contributed by atoms with Crippen LogP contribution in [0.2, 0.25) is 0 Å². The van der Waals surface area contributed by atoms with Gasteiger partial charge in [-0.05, 0) is 46.3 Å². The van der Waals surface area contributed by atoms with Crippen molar-refractivity contribution in [2.45, 2.75) is 6.54 Å². The third-order valence-electron chi connectivity index (χ3n) is 5.59. The van der Waals surface area contributed by atoms with Crippen LogP contribution in [0.1, 0.15) is 15.9 Å². The molecule has 0 bridgehead atoms. The molecular weight excluding hydrogens is 410 g/mol. The van der Waals surface area contributed by atoms with Crippen molar-refractivity contribution in [3.05, 3.63) is 70.4 Å². The zero-order valence-corrected chi connectivity index (χ0v) is 17.3. The van der Waals surface area contributed by atoms with E-state index in [0.717, 1.165) is 38.9 Å². The van der Waals surface area contributed by atoms with Crippen LogP contribution in [-0.4, -0.2) is 33.5 Å². The molecule has 0 atom stereocenters. The summed E-state index contributed by atoms with van der Waals surface area (Å²) in [6, 6.07) is 11.8. The number of nitrogen functional groups attached to an aromatic ring is 1. The van der Waals surface area contributed by atoms with Gasteiger partial charge in [0.2, 0.25) is 5.91 Å². The monoisotopic (exact) mass is 429 g/mol. The fourth-order valence-corrected chi connectivity index (χ4v) is 4.65. The molecule has 2 aromatic carbocycles. The molecule has 2 aromatic heterocycles. The highest BCUT2D eigenvalue weighted by atomic mass is 32.1. The Bertz CT molecular complexity index is 1370. The SMILES string of the molecule is C=C(CN1Cc2c(-c3ccc4[nH]nc(-c5ccsc5)c4c3)ccc(N)c2C1=O)C(N)=O. The molecule has 0 fully saturated rings. The van der Waals surface area contributed by atoms with Crippen molar-refractivity contribution in [2.24, 2.45) is 5.73 Å². The Labute approximate surface area is 182 Å². The third kappa shape index (κ3) is 3.08. The number of fused-ring (bicyclic) bond motifs is 2. The summed E-state index contributed by atoms with van der Waals surface area (Å²) in [5.41, 5.74) is 18.1. The number of carbonyl (C=O) groups is 2. The number of hydrogen-bond acceptors (Lipinski definition) is 5. The van der Waals surface area contributed by atoms with Crippen LogP contribution in [0.5, 0.6) is 0 Å². The Morgan fingerprint density at radius 1 is 1.23 bits per heavy atom. The number of primary amides is 1. The summed E-state index contributed by atoms with van der Waals surface area (Å²) in [5, 5.41) is 12.6. The number of nitrogens with two attached hydrogens (primary N) is 2. The maximum Gasteiger partial charge on any atom is 0.256 e. The van der Waals surface area contributed by atoms with Crippen molar-refractivity contribution in [3.8, 4) is 22.4 Å². The van der Waals surface area contributed by atoms with Gasteiger partial charge in [0.15, 0.2) is 0 Å². The molecule has 0 unspecified atom stereocenters. The molecule has 0 saturated carbocycles. The van der Waals surface area contributed by atoms with Gasteiger partial charge in [-0.2, -0.15) is 16.4 Å². The van der Waals surface area contributed by atoms with E-state index in [2.05, 4.69) is 28.2 Å². The predicted octanol–water partition coefficient (Wildman–Crippen LogP) is 3.54. The van der Waals surface area contributed by atoms with Crippen molar-refractivity contribution >= 4 is 39.7 Å². The summed E-state index contributed by atoms with van der Waals surface area (Å²) >= 11 is 1.62. The number of nitrogens with zero attached hydrogens (tertiary/aromatic N) is 2. The molecule has 1 aliphatic heterocycles. The van der Waals surface area contributed by atoms with E-state index in [-0.39, 0.29) is 18.0 Å². The third-order valence-corrected chi connectivity index (χ3v) is 6.28. The van der Waals surface area contributed by atoms with Gasteiger partial charge in [0.25, 0.3) is 5.91 Å². The van der Waals surface area contributed by atoms with Gasteiger partial charge in [-0.25, -0.2) is 0 Å². The van der Waals surface area contributed by atoms with Gasteiger partial charge in [0.05, 0.1) is 17.6 Å². The highest BCUT2D eigenvalue weighted by Crippen LogP contribution is 2.38. The fraction of sp³-hybridized carbons (Fsp3) is 0.0870. The van der Waals surface area contributed by atoms with Crippen molar-refractivity contribution in [1.82, 2.24) is 15.1 Å². The van der Waals surface area contributed by atoms with E-state index >= 15 is 0 Å². The first kappa shape index (κ1) is 19.1. The second-order valence-electron chi connectivity index (χ2n) is 7.53. The average Bonchev–Trinajstić information content (AvgIpc) is 3.47. The van der Waals surface area contributed by atoms with Crippen molar-refractivity contribution in [3.63, 3.8) is 0 Å². The summed E-state index contributed by atoms with van der Waals surface area (Å²) in [6.07, 6.45) is 0. The Hall–Kier alpha value is -3.91. The lowest BCUT2D eigenvalue weighted by atomic mass is 9.94. The first-order chi connectivity index (χ1) is 14.9. The quantitative estimate of drug-likeness (QED) is 0.332.